The molecule has 0 amide bonds. The number of nitrogens with zero attached hydrogens (tertiary/aromatic N) is 1. The first-order chi connectivity index (χ1) is 8.15. The third kappa shape index (κ3) is 1.82. The lowest BCUT2D eigenvalue weighted by atomic mass is 10.0. The van der Waals surface area contributed by atoms with Crippen molar-refractivity contribution >= 4 is 23.1 Å². The summed E-state index contributed by atoms with van der Waals surface area (Å²) in [6, 6.07) is 5.12. The number of halogens is 2. The lowest BCUT2D eigenvalue weighted by Crippen LogP contribution is -2.43. The first kappa shape index (κ1) is 11.0. The van der Waals surface area contributed by atoms with Crippen molar-refractivity contribution in [1.29, 1.82) is 0 Å². The summed E-state index contributed by atoms with van der Waals surface area (Å²) in [4.78, 5) is 13.6. The van der Waals surface area contributed by atoms with Gasteiger partial charge in [-0.3, -0.25) is 4.79 Å². The Morgan fingerprint density at radius 1 is 1.24 bits per heavy atom. The molecule has 2 fully saturated rings. The molecule has 2 atom stereocenters. The fourth-order valence-corrected chi connectivity index (χ4v) is 3.21. The van der Waals surface area contributed by atoms with E-state index in [9.17, 15) is 9.18 Å². The minimum absolute atomic E-state index is 0.178. The van der Waals surface area contributed by atoms with E-state index in [-0.39, 0.29) is 17.9 Å². The smallest absolute Gasteiger partial charge is 0.147 e. The van der Waals surface area contributed by atoms with E-state index in [0.29, 0.717) is 29.3 Å². The van der Waals surface area contributed by atoms with Crippen molar-refractivity contribution in [3.05, 3.63) is 29.0 Å². The zero-order valence-corrected chi connectivity index (χ0v) is 10.1. The molecule has 0 N–H and O–H groups in total. The first-order valence-corrected chi connectivity index (χ1v) is 6.28. The summed E-state index contributed by atoms with van der Waals surface area (Å²) < 4.78 is 13.9. The monoisotopic (exact) mass is 253 g/mol. The van der Waals surface area contributed by atoms with Crippen molar-refractivity contribution in [2.75, 3.05) is 4.90 Å². The van der Waals surface area contributed by atoms with Crippen molar-refractivity contribution in [1.82, 2.24) is 0 Å². The number of benzene rings is 1. The number of piperidine rings is 1. The Kier molecular flexibility index (Phi) is 2.58. The minimum atomic E-state index is -0.288. The van der Waals surface area contributed by atoms with Gasteiger partial charge in [0.05, 0.1) is 5.69 Å². The fraction of sp³-hybridized carbons (Fsp3) is 0.462. The molecule has 2 aliphatic rings. The van der Waals surface area contributed by atoms with E-state index in [1.165, 1.54) is 6.07 Å². The number of hydrogen-bond acceptors (Lipinski definition) is 2. The van der Waals surface area contributed by atoms with Crippen molar-refractivity contribution in [3.63, 3.8) is 0 Å². The number of Topliss-reactive ketones (excluding diaryl/α,β-unsaturated/α-hetero) is 1. The number of anilines is 1. The lowest BCUT2D eigenvalue weighted by molar-refractivity contribution is -0.120. The third-order valence-corrected chi connectivity index (χ3v) is 3.97. The summed E-state index contributed by atoms with van der Waals surface area (Å²) in [7, 11) is 0. The molecule has 2 bridgehead atoms. The summed E-state index contributed by atoms with van der Waals surface area (Å²) in [6.07, 6.45) is 3.08. The molecule has 0 radical (unpaired) electrons. The fourth-order valence-electron chi connectivity index (χ4n) is 3.05. The van der Waals surface area contributed by atoms with Crippen molar-refractivity contribution < 1.29 is 9.18 Å². The number of ketones is 1. The van der Waals surface area contributed by atoms with Crippen LogP contribution in [0.1, 0.15) is 25.7 Å². The highest BCUT2D eigenvalue weighted by Crippen LogP contribution is 2.39. The number of carbonyl (C=O) groups is 1. The molecule has 0 aliphatic carbocycles. The summed E-state index contributed by atoms with van der Waals surface area (Å²) in [5.41, 5.74) is 0.592. The van der Waals surface area contributed by atoms with Gasteiger partial charge in [0.1, 0.15) is 11.6 Å². The van der Waals surface area contributed by atoms with Crippen LogP contribution in [0.4, 0.5) is 10.1 Å². The number of fused-ring (bicyclic) bond motifs is 2. The predicted octanol–water partition coefficient (Wildman–Crippen LogP) is 3.18. The molecule has 3 rings (SSSR count). The molecule has 2 nitrogen and oxygen atoms in total. The van der Waals surface area contributed by atoms with Gasteiger partial charge in [0.15, 0.2) is 0 Å². The van der Waals surface area contributed by atoms with Gasteiger partial charge in [-0.05, 0) is 31.0 Å². The number of carbonyl (C=O) groups excluding carboxylic acids is 1. The molecular formula is C13H13ClFNO. The number of rotatable bonds is 1. The van der Waals surface area contributed by atoms with Gasteiger partial charge in [-0.15, -0.1) is 0 Å². The van der Waals surface area contributed by atoms with Crippen LogP contribution in [0, 0.1) is 5.82 Å². The van der Waals surface area contributed by atoms with Crippen molar-refractivity contribution in [2.45, 2.75) is 37.8 Å². The molecule has 0 saturated carbocycles. The highest BCUT2D eigenvalue weighted by atomic mass is 35.5. The van der Waals surface area contributed by atoms with Crippen LogP contribution in [0.2, 0.25) is 5.02 Å². The van der Waals surface area contributed by atoms with Crippen LogP contribution in [-0.4, -0.2) is 17.9 Å². The van der Waals surface area contributed by atoms with E-state index in [0.717, 1.165) is 12.8 Å². The molecule has 17 heavy (non-hydrogen) atoms. The van der Waals surface area contributed by atoms with Gasteiger partial charge < -0.3 is 4.90 Å². The van der Waals surface area contributed by atoms with Crippen LogP contribution >= 0.6 is 11.6 Å². The summed E-state index contributed by atoms with van der Waals surface area (Å²) >= 11 is 5.75. The predicted molar refractivity (Wildman–Crippen MR) is 64.9 cm³/mol. The normalized spacial score (nSPS) is 27.6. The second-order valence-corrected chi connectivity index (χ2v) is 5.27. The summed E-state index contributed by atoms with van der Waals surface area (Å²) in [5, 5.41) is 0.409. The van der Waals surface area contributed by atoms with E-state index < -0.39 is 0 Å². The first-order valence-electron chi connectivity index (χ1n) is 5.90. The Morgan fingerprint density at radius 2 is 1.88 bits per heavy atom. The Hall–Kier alpha value is -1.09. The molecule has 2 aliphatic heterocycles. The quantitative estimate of drug-likeness (QED) is 0.766. The average Bonchev–Trinajstić information content (AvgIpc) is 2.53. The SMILES string of the molecule is O=C1CC2CCC(C1)N2c1ccc(Cl)cc1F. The maximum atomic E-state index is 13.9. The van der Waals surface area contributed by atoms with Crippen molar-refractivity contribution in [2.24, 2.45) is 0 Å². The molecule has 2 unspecified atom stereocenters. The van der Waals surface area contributed by atoms with Crippen LogP contribution in [-0.2, 0) is 4.79 Å². The van der Waals surface area contributed by atoms with Gasteiger partial charge in [-0.1, -0.05) is 11.6 Å². The van der Waals surface area contributed by atoms with E-state index >= 15 is 0 Å². The standard InChI is InChI=1S/C13H13ClFNO/c14-8-1-4-13(12(15)5-8)16-9-2-3-10(16)7-11(17)6-9/h1,4-5,9-10H,2-3,6-7H2. The van der Waals surface area contributed by atoms with Gasteiger partial charge >= 0.3 is 0 Å². The molecule has 1 aromatic rings. The Labute approximate surface area is 104 Å². The summed E-state index contributed by atoms with van der Waals surface area (Å²) in [5.74, 6) is 0.0203. The highest BCUT2D eigenvalue weighted by Gasteiger charge is 2.40. The van der Waals surface area contributed by atoms with E-state index in [4.69, 9.17) is 11.6 Å². The molecule has 0 spiro atoms. The van der Waals surface area contributed by atoms with Crippen LogP contribution in [0.5, 0.6) is 0 Å². The maximum absolute atomic E-state index is 13.9. The van der Waals surface area contributed by atoms with Crippen molar-refractivity contribution in [3.8, 4) is 0 Å². The molecule has 1 aromatic carbocycles. The highest BCUT2D eigenvalue weighted by molar-refractivity contribution is 6.30. The number of hydrogen-bond donors (Lipinski definition) is 0. The van der Waals surface area contributed by atoms with Gasteiger partial charge in [0.2, 0.25) is 0 Å². The molecule has 2 saturated heterocycles. The van der Waals surface area contributed by atoms with E-state index in [1.54, 1.807) is 12.1 Å². The molecule has 0 aromatic heterocycles. The zero-order valence-electron chi connectivity index (χ0n) is 9.33. The van der Waals surface area contributed by atoms with E-state index in [1.807, 2.05) is 0 Å². The summed E-state index contributed by atoms with van der Waals surface area (Å²) in [6.45, 7) is 0. The van der Waals surface area contributed by atoms with Crippen LogP contribution in [0.25, 0.3) is 0 Å². The van der Waals surface area contributed by atoms with Gasteiger partial charge in [0.25, 0.3) is 0 Å². The largest absolute Gasteiger partial charge is 0.362 e. The van der Waals surface area contributed by atoms with Crippen LogP contribution in [0.3, 0.4) is 0 Å². The van der Waals surface area contributed by atoms with Crippen LogP contribution in [0.15, 0.2) is 18.2 Å². The Bertz CT molecular complexity index is 460. The topological polar surface area (TPSA) is 20.3 Å². The van der Waals surface area contributed by atoms with E-state index in [2.05, 4.69) is 4.90 Å². The van der Waals surface area contributed by atoms with Gasteiger partial charge in [-0.25, -0.2) is 4.39 Å². The Balaban J connectivity index is 1.97. The lowest BCUT2D eigenvalue weighted by Gasteiger charge is -2.36. The third-order valence-electron chi connectivity index (χ3n) is 3.73. The molecular weight excluding hydrogens is 241 g/mol. The molecule has 90 valence electrons. The van der Waals surface area contributed by atoms with Crippen LogP contribution < -0.4 is 4.90 Å². The molecule has 2 heterocycles. The molecule has 4 heteroatoms. The second-order valence-electron chi connectivity index (χ2n) is 4.83. The minimum Gasteiger partial charge on any atom is -0.362 e. The maximum Gasteiger partial charge on any atom is 0.147 e. The average molecular weight is 254 g/mol. The Morgan fingerprint density at radius 3 is 2.47 bits per heavy atom. The second kappa shape index (κ2) is 3.98. The zero-order chi connectivity index (χ0) is 12.0. The van der Waals surface area contributed by atoms with Gasteiger partial charge in [0, 0.05) is 29.9 Å². The van der Waals surface area contributed by atoms with Gasteiger partial charge in [-0.2, -0.15) is 0 Å².